The van der Waals surface area contributed by atoms with Crippen LogP contribution in [0.3, 0.4) is 0 Å². The Morgan fingerprint density at radius 2 is 1.75 bits per heavy atom. The molecular weight excluding hydrogens is 809 g/mol. The van der Waals surface area contributed by atoms with Crippen LogP contribution < -0.4 is 10.2 Å². The number of aliphatic hydroxyl groups is 1. The number of β-amino-alcohol motifs (C(OH)–C–C–N with tert-alkyl or cyclic N) is 1. The first-order valence-corrected chi connectivity index (χ1v) is 23.0. The number of amides is 2. The fourth-order valence-electron chi connectivity index (χ4n) is 9.19. The van der Waals surface area contributed by atoms with E-state index in [-0.39, 0.29) is 42.5 Å². The Bertz CT molecular complexity index is 2500. The Morgan fingerprint density at radius 3 is 2.48 bits per heavy atom. The van der Waals surface area contributed by atoms with Crippen molar-refractivity contribution in [1.29, 1.82) is 0 Å². The summed E-state index contributed by atoms with van der Waals surface area (Å²) in [7, 11) is 0. The molecule has 4 atom stereocenters. The number of para-hydroxylation sites is 1. The minimum absolute atomic E-state index is 0.0875. The number of hydrogen-bond acceptors (Lipinski definition) is 13. The zero-order valence-corrected chi connectivity index (χ0v) is 36.5. The molecule has 2 unspecified atom stereocenters. The quantitative estimate of drug-likeness (QED) is 0.113. The Balaban J connectivity index is 0.771. The molecule has 3 fully saturated rings. The number of phenols is 1. The first-order chi connectivity index (χ1) is 29.5. The second-order valence-corrected chi connectivity index (χ2v) is 19.2. The van der Waals surface area contributed by atoms with Gasteiger partial charge in [-0.1, -0.05) is 55.4 Å². The van der Waals surface area contributed by atoms with Crippen molar-refractivity contribution in [2.75, 3.05) is 44.2 Å². The number of aromatic hydroxyl groups is 1. The molecule has 3 N–H and O–H groups in total. The molecule has 318 valence electrons. The summed E-state index contributed by atoms with van der Waals surface area (Å²) in [6, 6.07) is 20.4. The lowest BCUT2D eigenvalue weighted by atomic mass is 9.90. The standard InChI is InChI=1S/C46H52N8O5S2/c1-26(2)42(46(58)54-24-34(55)19-37(54)44(57)48-27(3)30-9-11-31(12-10-30)43-28(4)47-25-60-43)39-20-41(51-59-39)53-15-13-29(14-16-53)21-52-22-33(23-52)40-18-32-17-36(49-50-45(32)61-40)35-7-5-6-8-38(35)56/h5-12,17-18,20,25-27,29,33-34,37,42,55-56H,13-16,19,21-24H2,1-4H3,(H,48,57)/t27?,34-,37+,42?/m1/s1. The van der Waals surface area contributed by atoms with E-state index in [0.29, 0.717) is 28.9 Å². The molecule has 0 saturated carbocycles. The number of benzene rings is 2. The number of nitrogens with one attached hydrogen (secondary N) is 1. The number of thiazole rings is 1. The average Bonchev–Trinajstić information content (AvgIpc) is 4.06. The third-order valence-electron chi connectivity index (χ3n) is 12.7. The number of aliphatic hydroxyl groups excluding tert-OH is 1. The lowest BCUT2D eigenvalue weighted by molar-refractivity contribution is -0.141. The molecule has 2 aromatic carbocycles. The number of rotatable bonds is 12. The van der Waals surface area contributed by atoms with Crippen molar-refractivity contribution in [2.45, 2.75) is 77.0 Å². The minimum atomic E-state index is -0.796. The highest BCUT2D eigenvalue weighted by atomic mass is 32.1. The van der Waals surface area contributed by atoms with E-state index in [9.17, 15) is 19.8 Å². The van der Waals surface area contributed by atoms with E-state index >= 15 is 0 Å². The maximum absolute atomic E-state index is 14.3. The molecule has 7 heterocycles. The molecule has 4 aromatic heterocycles. The molecule has 2 amide bonds. The number of fused-ring (bicyclic) bond motifs is 1. The number of piperidine rings is 1. The van der Waals surface area contributed by atoms with Crippen LogP contribution in [0.15, 0.2) is 76.8 Å². The molecule has 3 saturated heterocycles. The van der Waals surface area contributed by atoms with E-state index < -0.39 is 18.1 Å². The van der Waals surface area contributed by atoms with E-state index in [1.807, 2.05) is 81.7 Å². The topological polar surface area (TPSA) is 161 Å². The summed E-state index contributed by atoms with van der Waals surface area (Å²) in [5.74, 6) is 1.19. The summed E-state index contributed by atoms with van der Waals surface area (Å²) in [6.07, 6.45) is 1.46. The molecule has 0 radical (unpaired) electrons. The number of carbonyl (C=O) groups excluding carboxylic acids is 2. The van der Waals surface area contributed by atoms with Gasteiger partial charge in [-0.15, -0.1) is 32.9 Å². The van der Waals surface area contributed by atoms with E-state index in [1.54, 1.807) is 34.8 Å². The number of hydrogen-bond donors (Lipinski definition) is 3. The highest BCUT2D eigenvalue weighted by Crippen LogP contribution is 2.39. The lowest BCUT2D eigenvalue weighted by Crippen LogP contribution is -2.48. The fourth-order valence-corrected chi connectivity index (χ4v) is 11.0. The van der Waals surface area contributed by atoms with Crippen molar-refractivity contribution in [3.8, 4) is 27.4 Å². The van der Waals surface area contributed by atoms with Gasteiger partial charge in [-0.3, -0.25) is 9.59 Å². The van der Waals surface area contributed by atoms with Gasteiger partial charge in [0.1, 0.15) is 22.5 Å². The van der Waals surface area contributed by atoms with Gasteiger partial charge in [-0.05, 0) is 73.9 Å². The molecule has 3 aliphatic rings. The van der Waals surface area contributed by atoms with Crippen LogP contribution in [0.1, 0.15) is 79.8 Å². The van der Waals surface area contributed by atoms with Crippen molar-refractivity contribution in [3.05, 3.63) is 94.1 Å². The number of phenolic OH excluding ortho intramolecular Hbond substituents is 1. The Labute approximate surface area is 363 Å². The average molecular weight is 861 g/mol. The normalized spacial score (nSPS) is 20.0. The fraction of sp³-hybridized carbons (Fsp3) is 0.435. The summed E-state index contributed by atoms with van der Waals surface area (Å²) in [4.78, 5) is 42.1. The van der Waals surface area contributed by atoms with Gasteiger partial charge in [-0.2, -0.15) is 0 Å². The van der Waals surface area contributed by atoms with Crippen molar-refractivity contribution in [2.24, 2.45) is 11.8 Å². The number of anilines is 1. The van der Waals surface area contributed by atoms with Crippen LogP contribution in [-0.2, 0) is 9.59 Å². The summed E-state index contributed by atoms with van der Waals surface area (Å²) in [6.45, 7) is 12.8. The SMILES string of the molecule is Cc1ncsc1-c1ccc(C(C)NC(=O)[C@@H]2C[C@@H](O)CN2C(=O)C(c2cc(N3CCC(CN4CC(c5cc6cc(-c7ccccc7O)nnc6s5)C4)CC3)no2)C(C)C)cc1. The van der Waals surface area contributed by atoms with Gasteiger partial charge in [0.2, 0.25) is 11.8 Å². The monoisotopic (exact) mass is 860 g/mol. The van der Waals surface area contributed by atoms with E-state index in [0.717, 1.165) is 83.3 Å². The van der Waals surface area contributed by atoms with Crippen LogP contribution in [0, 0.1) is 18.8 Å². The molecule has 61 heavy (non-hydrogen) atoms. The Kier molecular flexibility index (Phi) is 11.7. The molecule has 6 aromatic rings. The summed E-state index contributed by atoms with van der Waals surface area (Å²) < 4.78 is 5.91. The maximum atomic E-state index is 14.3. The summed E-state index contributed by atoms with van der Waals surface area (Å²) in [5.41, 5.74) is 6.22. The molecule has 0 aliphatic carbocycles. The van der Waals surface area contributed by atoms with Crippen molar-refractivity contribution < 1.29 is 24.3 Å². The van der Waals surface area contributed by atoms with Crippen molar-refractivity contribution in [1.82, 2.24) is 35.5 Å². The zero-order valence-electron chi connectivity index (χ0n) is 34.9. The number of aryl methyl sites for hydroxylation is 1. The van der Waals surface area contributed by atoms with E-state index in [4.69, 9.17) is 4.52 Å². The molecule has 15 heteroatoms. The highest BCUT2D eigenvalue weighted by molar-refractivity contribution is 7.18. The maximum Gasteiger partial charge on any atom is 0.243 e. The first-order valence-electron chi connectivity index (χ1n) is 21.3. The predicted molar refractivity (Wildman–Crippen MR) is 238 cm³/mol. The molecule has 0 bridgehead atoms. The molecule has 0 spiro atoms. The number of carbonyl (C=O) groups is 2. The molecule has 3 aliphatic heterocycles. The van der Waals surface area contributed by atoms with Gasteiger partial charge >= 0.3 is 0 Å². The molecule has 9 rings (SSSR count). The second kappa shape index (κ2) is 17.3. The summed E-state index contributed by atoms with van der Waals surface area (Å²) in [5, 5.41) is 38.5. The highest BCUT2D eigenvalue weighted by Gasteiger charge is 2.44. The predicted octanol–water partition coefficient (Wildman–Crippen LogP) is 7.38. The molecule has 13 nitrogen and oxygen atoms in total. The smallest absolute Gasteiger partial charge is 0.243 e. The Hall–Kier alpha value is -5.22. The lowest BCUT2D eigenvalue weighted by Gasteiger charge is -2.42. The van der Waals surface area contributed by atoms with E-state index in [1.165, 1.54) is 9.78 Å². The number of thiophene rings is 1. The van der Waals surface area contributed by atoms with Crippen LogP contribution in [0.25, 0.3) is 31.9 Å². The Morgan fingerprint density at radius 1 is 0.984 bits per heavy atom. The van der Waals surface area contributed by atoms with Gasteiger partial charge in [-0.25, -0.2) is 4.98 Å². The van der Waals surface area contributed by atoms with Crippen LogP contribution in [0.5, 0.6) is 5.75 Å². The number of aromatic nitrogens is 4. The van der Waals surface area contributed by atoms with Crippen LogP contribution >= 0.6 is 22.7 Å². The number of nitrogens with zero attached hydrogens (tertiary/aromatic N) is 7. The van der Waals surface area contributed by atoms with Crippen molar-refractivity contribution in [3.63, 3.8) is 0 Å². The van der Waals surface area contributed by atoms with Crippen LogP contribution in [0.2, 0.25) is 0 Å². The van der Waals surface area contributed by atoms with Crippen molar-refractivity contribution >= 4 is 50.5 Å². The zero-order chi connectivity index (χ0) is 42.4. The third kappa shape index (κ3) is 8.53. The van der Waals surface area contributed by atoms with Gasteiger partial charge < -0.3 is 34.8 Å². The largest absolute Gasteiger partial charge is 0.507 e. The van der Waals surface area contributed by atoms with Gasteiger partial charge in [0, 0.05) is 73.5 Å². The van der Waals surface area contributed by atoms with Gasteiger partial charge in [0.05, 0.1) is 33.9 Å². The second-order valence-electron chi connectivity index (χ2n) is 17.3. The van der Waals surface area contributed by atoms with E-state index in [2.05, 4.69) is 41.5 Å². The number of likely N-dealkylation sites (tertiary alicyclic amines) is 2. The van der Waals surface area contributed by atoms with Crippen LogP contribution in [0.4, 0.5) is 5.82 Å². The van der Waals surface area contributed by atoms with Gasteiger partial charge in [0.15, 0.2) is 11.6 Å². The van der Waals surface area contributed by atoms with Gasteiger partial charge in [0.25, 0.3) is 0 Å². The summed E-state index contributed by atoms with van der Waals surface area (Å²) >= 11 is 3.31. The minimum Gasteiger partial charge on any atom is -0.507 e. The third-order valence-corrected chi connectivity index (χ3v) is 14.9. The molecular formula is C46H52N8O5S2. The van der Waals surface area contributed by atoms with Crippen LogP contribution in [-0.4, -0.2) is 104 Å². The first kappa shape index (κ1) is 41.1.